The number of rotatable bonds is 7. The summed E-state index contributed by atoms with van der Waals surface area (Å²) < 4.78 is 9.20. The molecule has 0 fully saturated rings. The molecule has 0 aliphatic rings. The fourth-order valence-corrected chi connectivity index (χ4v) is 3.80. The number of carbonyl (C=O) groups is 1. The van der Waals surface area contributed by atoms with Gasteiger partial charge in [-0.05, 0) is 51.4 Å². The van der Waals surface area contributed by atoms with E-state index in [9.17, 15) is 19.2 Å². The topological polar surface area (TPSA) is 111 Å². The average molecular weight is 451 g/mol. The molecule has 0 aliphatic heterocycles. The standard InChI is InChI=1S/C23H25N5O5/c1-4-26-21(30)16-7-5-6-8-17(16)28(22(26)31)14-20(29)24-15-9-10-19-18(13-15)27(23(32)33-19)12-11-25(2)3/h5-10,13H,4,11-12,14H2,1-3H3,(H,24,29). The van der Waals surface area contributed by atoms with Crippen LogP contribution in [0.25, 0.3) is 22.0 Å². The predicted molar refractivity (Wildman–Crippen MR) is 126 cm³/mol. The SMILES string of the molecule is CCn1c(=O)c2ccccc2n(CC(=O)Nc2ccc3oc(=O)n(CCN(C)C)c3c2)c1=O. The van der Waals surface area contributed by atoms with E-state index in [1.54, 1.807) is 49.4 Å². The van der Waals surface area contributed by atoms with Gasteiger partial charge in [0.05, 0.1) is 16.4 Å². The number of aromatic nitrogens is 3. The minimum atomic E-state index is -0.542. The molecular formula is C23H25N5O5. The van der Waals surface area contributed by atoms with Crippen LogP contribution in [0.3, 0.4) is 0 Å². The van der Waals surface area contributed by atoms with Crippen molar-refractivity contribution >= 4 is 33.6 Å². The minimum absolute atomic E-state index is 0.200. The maximum absolute atomic E-state index is 12.9. The molecule has 4 rings (SSSR count). The second-order valence-corrected chi connectivity index (χ2v) is 7.99. The molecule has 0 unspecified atom stereocenters. The van der Waals surface area contributed by atoms with E-state index in [1.807, 2.05) is 19.0 Å². The van der Waals surface area contributed by atoms with E-state index in [2.05, 4.69) is 5.32 Å². The maximum atomic E-state index is 12.9. The van der Waals surface area contributed by atoms with Gasteiger partial charge in [-0.1, -0.05) is 12.1 Å². The van der Waals surface area contributed by atoms with E-state index in [0.29, 0.717) is 40.8 Å². The second kappa shape index (κ2) is 8.91. The third-order valence-corrected chi connectivity index (χ3v) is 5.47. The van der Waals surface area contributed by atoms with Gasteiger partial charge in [0.2, 0.25) is 5.91 Å². The van der Waals surface area contributed by atoms with Gasteiger partial charge in [0.15, 0.2) is 5.58 Å². The summed E-state index contributed by atoms with van der Waals surface area (Å²) in [5.74, 6) is -0.899. The van der Waals surface area contributed by atoms with Gasteiger partial charge in [-0.3, -0.25) is 23.3 Å². The molecule has 2 aromatic heterocycles. The van der Waals surface area contributed by atoms with Crippen LogP contribution < -0.4 is 22.3 Å². The molecule has 2 heterocycles. The number of hydrogen-bond donors (Lipinski definition) is 1. The lowest BCUT2D eigenvalue weighted by atomic mass is 10.2. The fourth-order valence-electron chi connectivity index (χ4n) is 3.80. The Balaban J connectivity index is 1.65. The highest BCUT2D eigenvalue weighted by Gasteiger charge is 2.16. The van der Waals surface area contributed by atoms with Gasteiger partial charge < -0.3 is 14.6 Å². The molecule has 1 N–H and O–H groups in total. The smallest absolute Gasteiger partial charge is 0.408 e. The lowest BCUT2D eigenvalue weighted by molar-refractivity contribution is -0.116. The average Bonchev–Trinajstić information content (AvgIpc) is 3.10. The Morgan fingerprint density at radius 2 is 1.76 bits per heavy atom. The molecule has 0 atom stereocenters. The number of oxazole rings is 1. The predicted octanol–water partition coefficient (Wildman–Crippen LogP) is 1.29. The summed E-state index contributed by atoms with van der Waals surface area (Å²) in [7, 11) is 3.82. The molecule has 0 radical (unpaired) electrons. The second-order valence-electron chi connectivity index (χ2n) is 7.99. The van der Waals surface area contributed by atoms with Crippen molar-refractivity contribution in [1.82, 2.24) is 18.6 Å². The molecule has 10 heteroatoms. The number of benzene rings is 2. The van der Waals surface area contributed by atoms with Crippen LogP contribution in [0.4, 0.5) is 5.69 Å². The van der Waals surface area contributed by atoms with Crippen molar-refractivity contribution in [3.63, 3.8) is 0 Å². The quantitative estimate of drug-likeness (QED) is 0.453. The summed E-state index contributed by atoms with van der Waals surface area (Å²) in [4.78, 5) is 52.4. The minimum Gasteiger partial charge on any atom is -0.408 e. The van der Waals surface area contributed by atoms with Crippen LogP contribution >= 0.6 is 0 Å². The number of nitrogens with zero attached hydrogens (tertiary/aromatic N) is 4. The number of fused-ring (bicyclic) bond motifs is 2. The molecule has 172 valence electrons. The van der Waals surface area contributed by atoms with Crippen LogP contribution in [0.2, 0.25) is 0 Å². The number of anilines is 1. The molecule has 0 bridgehead atoms. The van der Waals surface area contributed by atoms with Crippen molar-refractivity contribution in [3.05, 3.63) is 73.9 Å². The van der Waals surface area contributed by atoms with Crippen LogP contribution in [-0.2, 0) is 24.4 Å². The van der Waals surface area contributed by atoms with E-state index < -0.39 is 17.4 Å². The van der Waals surface area contributed by atoms with Gasteiger partial charge in [0.1, 0.15) is 6.54 Å². The first kappa shape index (κ1) is 22.3. The summed E-state index contributed by atoms with van der Waals surface area (Å²) in [6, 6.07) is 11.6. The molecule has 1 amide bonds. The van der Waals surface area contributed by atoms with E-state index >= 15 is 0 Å². The Morgan fingerprint density at radius 1 is 1.00 bits per heavy atom. The van der Waals surface area contributed by atoms with Gasteiger partial charge in [0.25, 0.3) is 5.56 Å². The zero-order valence-corrected chi connectivity index (χ0v) is 18.7. The maximum Gasteiger partial charge on any atom is 0.419 e. The van der Waals surface area contributed by atoms with Crippen LogP contribution in [0.15, 0.2) is 61.3 Å². The zero-order chi connectivity index (χ0) is 23.7. The highest BCUT2D eigenvalue weighted by molar-refractivity contribution is 5.93. The molecule has 33 heavy (non-hydrogen) atoms. The van der Waals surface area contributed by atoms with Gasteiger partial charge in [-0.2, -0.15) is 0 Å². The number of likely N-dealkylation sites (N-methyl/N-ethyl adjacent to an activating group) is 1. The number of para-hydroxylation sites is 1. The third-order valence-electron chi connectivity index (χ3n) is 5.47. The van der Waals surface area contributed by atoms with Crippen LogP contribution in [0.5, 0.6) is 0 Å². The monoisotopic (exact) mass is 451 g/mol. The highest BCUT2D eigenvalue weighted by atomic mass is 16.4. The lowest BCUT2D eigenvalue weighted by Gasteiger charge is -2.13. The van der Waals surface area contributed by atoms with Gasteiger partial charge in [0, 0.05) is 25.3 Å². The first-order chi connectivity index (χ1) is 15.8. The van der Waals surface area contributed by atoms with Crippen molar-refractivity contribution in [2.45, 2.75) is 26.6 Å². The molecule has 2 aromatic carbocycles. The van der Waals surface area contributed by atoms with Crippen LogP contribution in [-0.4, -0.2) is 45.1 Å². The Labute approximate surface area is 188 Å². The van der Waals surface area contributed by atoms with Crippen molar-refractivity contribution in [2.75, 3.05) is 26.0 Å². The van der Waals surface area contributed by atoms with Crippen molar-refractivity contribution in [3.8, 4) is 0 Å². The van der Waals surface area contributed by atoms with Gasteiger partial charge in [-0.15, -0.1) is 0 Å². The van der Waals surface area contributed by atoms with Crippen molar-refractivity contribution in [1.29, 1.82) is 0 Å². The van der Waals surface area contributed by atoms with E-state index in [0.717, 1.165) is 4.57 Å². The molecule has 10 nitrogen and oxygen atoms in total. The normalized spacial score (nSPS) is 11.5. The fraction of sp³-hybridized carbons (Fsp3) is 0.304. The molecule has 0 spiro atoms. The molecule has 0 saturated carbocycles. The van der Waals surface area contributed by atoms with Crippen LogP contribution in [0, 0.1) is 0 Å². The highest BCUT2D eigenvalue weighted by Crippen LogP contribution is 2.19. The van der Waals surface area contributed by atoms with Crippen molar-refractivity contribution in [2.24, 2.45) is 0 Å². The Hall–Kier alpha value is -3.92. The Morgan fingerprint density at radius 3 is 2.48 bits per heavy atom. The molecule has 0 aliphatic carbocycles. The van der Waals surface area contributed by atoms with Crippen LogP contribution in [0.1, 0.15) is 6.92 Å². The molecule has 4 aromatic rings. The summed E-state index contributed by atoms with van der Waals surface area (Å²) in [6.07, 6.45) is 0. The van der Waals surface area contributed by atoms with Gasteiger partial charge in [-0.25, -0.2) is 9.59 Å². The Kier molecular flexibility index (Phi) is 6.01. The third kappa shape index (κ3) is 4.24. The summed E-state index contributed by atoms with van der Waals surface area (Å²) in [5.41, 5.74) is 0.939. The van der Waals surface area contributed by atoms with E-state index in [4.69, 9.17) is 4.42 Å². The Bertz CT molecular complexity index is 1520. The number of hydrogen-bond acceptors (Lipinski definition) is 6. The summed E-state index contributed by atoms with van der Waals surface area (Å²) in [6.45, 7) is 2.73. The number of nitrogens with one attached hydrogen (secondary N) is 1. The summed E-state index contributed by atoms with van der Waals surface area (Å²) >= 11 is 0. The first-order valence-electron chi connectivity index (χ1n) is 10.6. The number of amides is 1. The zero-order valence-electron chi connectivity index (χ0n) is 18.7. The molecular weight excluding hydrogens is 426 g/mol. The largest absolute Gasteiger partial charge is 0.419 e. The first-order valence-corrected chi connectivity index (χ1v) is 10.6. The molecule has 0 saturated heterocycles. The van der Waals surface area contributed by atoms with Crippen molar-refractivity contribution < 1.29 is 9.21 Å². The van der Waals surface area contributed by atoms with Gasteiger partial charge >= 0.3 is 11.4 Å². The number of carbonyl (C=O) groups excluding carboxylic acids is 1. The van der Waals surface area contributed by atoms with E-state index in [1.165, 1.54) is 9.13 Å². The van der Waals surface area contributed by atoms with E-state index in [-0.39, 0.29) is 18.6 Å². The summed E-state index contributed by atoms with van der Waals surface area (Å²) in [5, 5.41) is 3.15. The lowest BCUT2D eigenvalue weighted by Crippen LogP contribution is -2.41.